The summed E-state index contributed by atoms with van der Waals surface area (Å²) in [6.07, 6.45) is 3.26. The fourth-order valence-corrected chi connectivity index (χ4v) is 3.17. The van der Waals surface area contributed by atoms with Gasteiger partial charge in [-0.25, -0.2) is 0 Å². The standard InChI is InChI=1S/C20H21ClN2O2/c1-14-8-9-17(21)13-18(14)22-19(24)15-6-5-7-16(12-15)20(25)23-10-3-2-4-11-23/h5-9,12-13H,2-4,10-11H2,1H3,(H,22,24). The number of rotatable bonds is 3. The van der Waals surface area contributed by atoms with E-state index >= 15 is 0 Å². The zero-order chi connectivity index (χ0) is 17.8. The molecule has 2 aromatic carbocycles. The number of piperidine rings is 1. The molecule has 0 bridgehead atoms. The summed E-state index contributed by atoms with van der Waals surface area (Å²) in [5.74, 6) is -0.257. The van der Waals surface area contributed by atoms with Gasteiger partial charge >= 0.3 is 0 Å². The van der Waals surface area contributed by atoms with Crippen LogP contribution in [0.1, 0.15) is 45.5 Å². The fourth-order valence-electron chi connectivity index (χ4n) is 3.00. The average molecular weight is 357 g/mol. The van der Waals surface area contributed by atoms with Crippen LogP contribution in [0.5, 0.6) is 0 Å². The van der Waals surface area contributed by atoms with Gasteiger partial charge in [0, 0.05) is 34.9 Å². The van der Waals surface area contributed by atoms with E-state index in [4.69, 9.17) is 11.6 Å². The van der Waals surface area contributed by atoms with Gasteiger partial charge < -0.3 is 10.2 Å². The van der Waals surface area contributed by atoms with Crippen LogP contribution in [0.25, 0.3) is 0 Å². The Kier molecular flexibility index (Phi) is 5.39. The highest BCUT2D eigenvalue weighted by molar-refractivity contribution is 6.31. The third-order valence-corrected chi connectivity index (χ3v) is 4.70. The number of nitrogens with one attached hydrogen (secondary N) is 1. The van der Waals surface area contributed by atoms with Gasteiger partial charge in [-0.15, -0.1) is 0 Å². The molecule has 2 amide bonds. The summed E-state index contributed by atoms with van der Waals surface area (Å²) < 4.78 is 0. The molecule has 2 aromatic rings. The van der Waals surface area contributed by atoms with Crippen LogP contribution in [0.4, 0.5) is 5.69 Å². The summed E-state index contributed by atoms with van der Waals surface area (Å²) in [5, 5.41) is 3.43. The molecule has 1 fully saturated rings. The first-order valence-corrected chi connectivity index (χ1v) is 8.89. The van der Waals surface area contributed by atoms with Gasteiger partial charge in [-0.1, -0.05) is 23.7 Å². The molecule has 3 rings (SSSR count). The lowest BCUT2D eigenvalue weighted by Gasteiger charge is -2.26. The zero-order valence-electron chi connectivity index (χ0n) is 14.2. The van der Waals surface area contributed by atoms with Gasteiger partial charge in [-0.3, -0.25) is 9.59 Å². The molecule has 1 aliphatic rings. The Hall–Kier alpha value is -2.33. The highest BCUT2D eigenvalue weighted by atomic mass is 35.5. The van der Waals surface area contributed by atoms with Crippen LogP contribution in [0.15, 0.2) is 42.5 Å². The van der Waals surface area contributed by atoms with Crippen molar-refractivity contribution in [3.8, 4) is 0 Å². The molecule has 0 aliphatic carbocycles. The Morgan fingerprint density at radius 3 is 2.48 bits per heavy atom. The van der Waals surface area contributed by atoms with E-state index in [2.05, 4.69) is 5.32 Å². The fraction of sp³-hybridized carbons (Fsp3) is 0.300. The highest BCUT2D eigenvalue weighted by Gasteiger charge is 2.19. The smallest absolute Gasteiger partial charge is 0.255 e. The van der Waals surface area contributed by atoms with Crippen molar-refractivity contribution in [3.63, 3.8) is 0 Å². The second-order valence-electron chi connectivity index (χ2n) is 6.35. The van der Waals surface area contributed by atoms with E-state index in [1.54, 1.807) is 36.4 Å². The third-order valence-electron chi connectivity index (χ3n) is 4.46. The lowest BCUT2D eigenvalue weighted by atomic mass is 10.1. The van der Waals surface area contributed by atoms with E-state index in [1.165, 1.54) is 6.42 Å². The number of likely N-dealkylation sites (tertiary alicyclic amines) is 1. The first-order chi connectivity index (χ1) is 12.0. The Labute approximate surface area is 152 Å². The van der Waals surface area contributed by atoms with E-state index in [1.807, 2.05) is 17.9 Å². The number of nitrogens with zero attached hydrogens (tertiary/aromatic N) is 1. The van der Waals surface area contributed by atoms with Crippen LogP contribution in [0.3, 0.4) is 0 Å². The molecule has 25 heavy (non-hydrogen) atoms. The molecular weight excluding hydrogens is 336 g/mol. The minimum absolute atomic E-state index is 0.00622. The second-order valence-corrected chi connectivity index (χ2v) is 6.78. The van der Waals surface area contributed by atoms with Crippen molar-refractivity contribution >= 4 is 29.1 Å². The van der Waals surface area contributed by atoms with Gasteiger partial charge in [-0.05, 0) is 62.1 Å². The van der Waals surface area contributed by atoms with Crippen LogP contribution in [-0.4, -0.2) is 29.8 Å². The minimum Gasteiger partial charge on any atom is -0.339 e. The quantitative estimate of drug-likeness (QED) is 0.878. The summed E-state index contributed by atoms with van der Waals surface area (Å²) in [6, 6.07) is 12.2. The number of aryl methyl sites for hydroxylation is 1. The first-order valence-electron chi connectivity index (χ1n) is 8.51. The van der Waals surface area contributed by atoms with Crippen molar-refractivity contribution < 1.29 is 9.59 Å². The summed E-state index contributed by atoms with van der Waals surface area (Å²) in [4.78, 5) is 27.0. The van der Waals surface area contributed by atoms with E-state index in [9.17, 15) is 9.59 Å². The van der Waals surface area contributed by atoms with Crippen molar-refractivity contribution in [3.05, 3.63) is 64.2 Å². The van der Waals surface area contributed by atoms with Crippen molar-refractivity contribution in [1.82, 2.24) is 4.90 Å². The van der Waals surface area contributed by atoms with Gasteiger partial charge in [0.15, 0.2) is 0 Å². The predicted molar refractivity (Wildman–Crippen MR) is 100 cm³/mol. The van der Waals surface area contributed by atoms with E-state index in [0.29, 0.717) is 21.8 Å². The Balaban J connectivity index is 1.77. The molecule has 1 saturated heterocycles. The molecular formula is C20H21ClN2O2. The predicted octanol–water partition coefficient (Wildman–Crippen LogP) is 4.53. The normalized spacial score (nSPS) is 14.2. The summed E-state index contributed by atoms with van der Waals surface area (Å²) in [5.41, 5.74) is 2.61. The highest BCUT2D eigenvalue weighted by Crippen LogP contribution is 2.21. The van der Waals surface area contributed by atoms with Crippen LogP contribution in [0.2, 0.25) is 5.02 Å². The summed E-state index contributed by atoms with van der Waals surface area (Å²) in [6.45, 7) is 3.48. The molecule has 0 radical (unpaired) electrons. The number of anilines is 1. The zero-order valence-corrected chi connectivity index (χ0v) is 15.0. The van der Waals surface area contributed by atoms with Crippen LogP contribution >= 0.6 is 11.6 Å². The number of halogens is 1. The molecule has 0 spiro atoms. The summed E-state index contributed by atoms with van der Waals surface area (Å²) >= 11 is 6.00. The van der Waals surface area contributed by atoms with Gasteiger partial charge in [0.2, 0.25) is 0 Å². The van der Waals surface area contributed by atoms with Crippen LogP contribution in [-0.2, 0) is 0 Å². The number of carbonyl (C=O) groups excluding carboxylic acids is 2. The average Bonchev–Trinajstić information content (AvgIpc) is 2.65. The van der Waals surface area contributed by atoms with E-state index < -0.39 is 0 Å². The maximum atomic E-state index is 12.6. The van der Waals surface area contributed by atoms with Gasteiger partial charge in [-0.2, -0.15) is 0 Å². The third kappa shape index (κ3) is 4.20. The Morgan fingerprint density at radius 2 is 1.72 bits per heavy atom. The topological polar surface area (TPSA) is 49.4 Å². The molecule has 0 saturated carbocycles. The van der Waals surface area contributed by atoms with Crippen LogP contribution in [0, 0.1) is 6.92 Å². The largest absolute Gasteiger partial charge is 0.339 e. The number of carbonyl (C=O) groups is 2. The van der Waals surface area contributed by atoms with Crippen LogP contribution < -0.4 is 5.32 Å². The lowest BCUT2D eigenvalue weighted by Crippen LogP contribution is -2.35. The molecule has 0 unspecified atom stereocenters. The van der Waals surface area contributed by atoms with Crippen molar-refractivity contribution in [1.29, 1.82) is 0 Å². The van der Waals surface area contributed by atoms with Crippen molar-refractivity contribution in [2.75, 3.05) is 18.4 Å². The molecule has 0 atom stereocenters. The van der Waals surface area contributed by atoms with Crippen molar-refractivity contribution in [2.45, 2.75) is 26.2 Å². The summed E-state index contributed by atoms with van der Waals surface area (Å²) in [7, 11) is 0. The molecule has 1 heterocycles. The number of benzene rings is 2. The number of amides is 2. The van der Waals surface area contributed by atoms with E-state index in [-0.39, 0.29) is 11.8 Å². The maximum Gasteiger partial charge on any atom is 0.255 e. The van der Waals surface area contributed by atoms with Gasteiger partial charge in [0.25, 0.3) is 11.8 Å². The monoisotopic (exact) mass is 356 g/mol. The van der Waals surface area contributed by atoms with Gasteiger partial charge in [0.1, 0.15) is 0 Å². The number of hydrogen-bond acceptors (Lipinski definition) is 2. The Bertz CT molecular complexity index is 798. The first kappa shape index (κ1) is 17.5. The van der Waals surface area contributed by atoms with Gasteiger partial charge in [0.05, 0.1) is 0 Å². The van der Waals surface area contributed by atoms with E-state index in [0.717, 1.165) is 31.5 Å². The SMILES string of the molecule is Cc1ccc(Cl)cc1NC(=O)c1cccc(C(=O)N2CCCCC2)c1. The second kappa shape index (κ2) is 7.70. The molecule has 0 aromatic heterocycles. The minimum atomic E-state index is -0.251. The maximum absolute atomic E-state index is 12.6. The molecule has 130 valence electrons. The molecule has 1 N–H and O–H groups in total. The Morgan fingerprint density at radius 1 is 1.00 bits per heavy atom. The molecule has 5 heteroatoms. The lowest BCUT2D eigenvalue weighted by molar-refractivity contribution is 0.0724. The molecule has 1 aliphatic heterocycles. The van der Waals surface area contributed by atoms with Crippen molar-refractivity contribution in [2.24, 2.45) is 0 Å². The molecule has 4 nitrogen and oxygen atoms in total. The number of hydrogen-bond donors (Lipinski definition) is 1.